The Balaban J connectivity index is 1.74. The molecule has 0 bridgehead atoms. The van der Waals surface area contributed by atoms with Crippen molar-refractivity contribution in [1.29, 1.82) is 0 Å². The molecule has 4 nitrogen and oxygen atoms in total. The third-order valence-corrected chi connectivity index (χ3v) is 7.22. The van der Waals surface area contributed by atoms with E-state index in [0.717, 1.165) is 12.8 Å². The van der Waals surface area contributed by atoms with Crippen LogP contribution in [0.15, 0.2) is 24.3 Å². The lowest BCUT2D eigenvalue weighted by Gasteiger charge is -2.27. The number of benzene rings is 1. The third-order valence-electron chi connectivity index (χ3n) is 4.21. The highest BCUT2D eigenvalue weighted by Gasteiger charge is 2.38. The number of carboxylic acid groups (broad SMARTS) is 1. The van der Waals surface area contributed by atoms with Gasteiger partial charge in [0.15, 0.2) is 0 Å². The Morgan fingerprint density at radius 2 is 1.78 bits per heavy atom. The van der Waals surface area contributed by atoms with E-state index >= 15 is 0 Å². The summed E-state index contributed by atoms with van der Waals surface area (Å²) >= 11 is 3.90. The molecule has 0 radical (unpaired) electrons. The van der Waals surface area contributed by atoms with Gasteiger partial charge in [0.1, 0.15) is 6.04 Å². The molecule has 6 heteroatoms. The van der Waals surface area contributed by atoms with Crippen LogP contribution in [0.25, 0.3) is 0 Å². The zero-order valence-corrected chi connectivity index (χ0v) is 14.7. The summed E-state index contributed by atoms with van der Waals surface area (Å²) in [4.78, 5) is 25.5. The van der Waals surface area contributed by atoms with Crippen LogP contribution in [0.5, 0.6) is 0 Å². The van der Waals surface area contributed by atoms with Gasteiger partial charge in [0.2, 0.25) is 0 Å². The number of carboxylic acids is 1. The van der Waals surface area contributed by atoms with Gasteiger partial charge in [-0.2, -0.15) is 0 Å². The number of aliphatic carboxylic acids is 1. The number of amides is 1. The van der Waals surface area contributed by atoms with Crippen LogP contribution in [-0.2, 0) is 4.79 Å². The Morgan fingerprint density at radius 3 is 2.30 bits per heavy atom. The summed E-state index contributed by atoms with van der Waals surface area (Å²) in [5.41, 5.74) is 1.82. The standard InChI is InChI=1S/C17H21NO3S2/c1-11(16(20)21)18(14-7-8-14)15(19)12-3-5-13(6-4-12)17-22-9-2-10-23-17/h3-6,11,14,17H,2,7-10H2,1H3,(H,20,21). The van der Waals surface area contributed by atoms with Gasteiger partial charge in [0, 0.05) is 11.6 Å². The van der Waals surface area contributed by atoms with Crippen LogP contribution >= 0.6 is 23.5 Å². The molecular formula is C17H21NO3S2. The summed E-state index contributed by atoms with van der Waals surface area (Å²) in [7, 11) is 0. The van der Waals surface area contributed by atoms with Crippen molar-refractivity contribution in [1.82, 2.24) is 4.90 Å². The van der Waals surface area contributed by atoms with Crippen molar-refractivity contribution in [2.45, 2.75) is 42.9 Å². The molecule has 23 heavy (non-hydrogen) atoms. The highest BCUT2D eigenvalue weighted by molar-refractivity contribution is 8.16. The summed E-state index contributed by atoms with van der Waals surface area (Å²) in [5, 5.41) is 9.24. The molecule has 124 valence electrons. The first-order valence-electron chi connectivity index (χ1n) is 7.96. The number of rotatable bonds is 5. The van der Waals surface area contributed by atoms with E-state index in [9.17, 15) is 14.7 Å². The Hall–Kier alpha value is -1.14. The fourth-order valence-electron chi connectivity index (χ4n) is 2.74. The lowest BCUT2D eigenvalue weighted by atomic mass is 10.1. The van der Waals surface area contributed by atoms with E-state index in [-0.39, 0.29) is 11.9 Å². The minimum Gasteiger partial charge on any atom is -0.480 e. The smallest absolute Gasteiger partial charge is 0.326 e. The van der Waals surface area contributed by atoms with Gasteiger partial charge >= 0.3 is 5.97 Å². The van der Waals surface area contributed by atoms with Crippen molar-refractivity contribution in [3.8, 4) is 0 Å². The van der Waals surface area contributed by atoms with E-state index in [1.165, 1.54) is 28.4 Å². The molecule has 1 aromatic rings. The topological polar surface area (TPSA) is 57.6 Å². The third kappa shape index (κ3) is 3.86. The van der Waals surface area contributed by atoms with Crippen molar-refractivity contribution >= 4 is 35.4 Å². The normalized spacial score (nSPS) is 20.0. The molecule has 1 heterocycles. The van der Waals surface area contributed by atoms with Crippen LogP contribution in [0.2, 0.25) is 0 Å². The van der Waals surface area contributed by atoms with Gasteiger partial charge in [-0.15, -0.1) is 23.5 Å². The van der Waals surface area contributed by atoms with Gasteiger partial charge in [-0.05, 0) is 55.4 Å². The molecule has 1 aliphatic heterocycles. The van der Waals surface area contributed by atoms with E-state index in [4.69, 9.17) is 0 Å². The molecule has 1 aromatic carbocycles. The number of hydrogen-bond donors (Lipinski definition) is 1. The first-order chi connectivity index (χ1) is 11.1. The van der Waals surface area contributed by atoms with E-state index < -0.39 is 12.0 Å². The average molecular weight is 351 g/mol. The number of carbonyl (C=O) groups excluding carboxylic acids is 1. The molecule has 1 unspecified atom stereocenters. The van der Waals surface area contributed by atoms with Crippen molar-refractivity contribution in [3.05, 3.63) is 35.4 Å². The number of nitrogens with zero attached hydrogens (tertiary/aromatic N) is 1. The zero-order valence-electron chi connectivity index (χ0n) is 13.1. The summed E-state index contributed by atoms with van der Waals surface area (Å²) in [6.07, 6.45) is 3.05. The number of thioether (sulfide) groups is 2. The van der Waals surface area contributed by atoms with Crippen molar-refractivity contribution in [2.75, 3.05) is 11.5 Å². The van der Waals surface area contributed by atoms with E-state index in [0.29, 0.717) is 10.1 Å². The fourth-order valence-corrected chi connectivity index (χ4v) is 5.64. The Labute approximate surface area is 145 Å². The summed E-state index contributed by atoms with van der Waals surface area (Å²) in [6, 6.07) is 7.02. The average Bonchev–Trinajstić information content (AvgIpc) is 3.40. The number of hydrogen-bond acceptors (Lipinski definition) is 4. The monoisotopic (exact) mass is 351 g/mol. The maximum absolute atomic E-state index is 12.7. The molecule has 1 aliphatic carbocycles. The Morgan fingerprint density at radius 1 is 1.17 bits per heavy atom. The Bertz CT molecular complexity index is 580. The fraction of sp³-hybridized carbons (Fsp3) is 0.529. The van der Waals surface area contributed by atoms with Gasteiger partial charge in [-0.25, -0.2) is 4.79 Å². The zero-order chi connectivity index (χ0) is 16.4. The molecule has 1 atom stereocenters. The first kappa shape index (κ1) is 16.7. The van der Waals surface area contributed by atoms with Crippen molar-refractivity contribution in [3.63, 3.8) is 0 Å². The first-order valence-corrected chi connectivity index (χ1v) is 10.1. The van der Waals surface area contributed by atoms with E-state index in [1.807, 2.05) is 47.8 Å². The molecule has 0 spiro atoms. The molecule has 3 rings (SSSR count). The second-order valence-electron chi connectivity index (χ2n) is 6.01. The van der Waals surface area contributed by atoms with Gasteiger partial charge in [0.25, 0.3) is 5.91 Å². The van der Waals surface area contributed by atoms with Crippen molar-refractivity contribution < 1.29 is 14.7 Å². The number of carbonyl (C=O) groups is 2. The van der Waals surface area contributed by atoms with Crippen LogP contribution in [0, 0.1) is 0 Å². The van der Waals surface area contributed by atoms with Crippen LogP contribution < -0.4 is 0 Å². The SMILES string of the molecule is CC(C(=O)O)N(C(=O)c1ccc(C2SCCCS2)cc1)C1CC1. The molecule has 2 aliphatic rings. The van der Waals surface area contributed by atoms with E-state index in [2.05, 4.69) is 0 Å². The Kier molecular flexibility index (Phi) is 5.21. The highest BCUT2D eigenvalue weighted by atomic mass is 32.2. The summed E-state index contributed by atoms with van der Waals surface area (Å²) in [5.74, 6) is 1.25. The molecule has 2 fully saturated rings. The molecule has 1 saturated carbocycles. The molecular weight excluding hydrogens is 330 g/mol. The molecule has 0 aromatic heterocycles. The van der Waals surface area contributed by atoms with Crippen molar-refractivity contribution in [2.24, 2.45) is 0 Å². The molecule has 1 amide bonds. The van der Waals surface area contributed by atoms with E-state index in [1.54, 1.807) is 6.92 Å². The quantitative estimate of drug-likeness (QED) is 0.878. The van der Waals surface area contributed by atoms with Gasteiger partial charge < -0.3 is 10.0 Å². The molecule has 1 N–H and O–H groups in total. The van der Waals surface area contributed by atoms with Crippen LogP contribution in [0.4, 0.5) is 0 Å². The van der Waals surface area contributed by atoms with Crippen LogP contribution in [0.1, 0.15) is 46.7 Å². The largest absolute Gasteiger partial charge is 0.480 e. The highest BCUT2D eigenvalue weighted by Crippen LogP contribution is 2.43. The minimum absolute atomic E-state index is 0.0812. The lowest BCUT2D eigenvalue weighted by molar-refractivity contribution is -0.141. The maximum atomic E-state index is 12.7. The summed E-state index contributed by atoms with van der Waals surface area (Å²) in [6.45, 7) is 1.59. The molecule has 1 saturated heterocycles. The second-order valence-corrected chi connectivity index (χ2v) is 8.73. The maximum Gasteiger partial charge on any atom is 0.326 e. The van der Waals surface area contributed by atoms with Gasteiger partial charge in [-0.3, -0.25) is 4.79 Å². The van der Waals surface area contributed by atoms with Gasteiger partial charge in [-0.1, -0.05) is 12.1 Å². The second kappa shape index (κ2) is 7.18. The van der Waals surface area contributed by atoms with Crippen LogP contribution in [-0.4, -0.2) is 45.5 Å². The summed E-state index contributed by atoms with van der Waals surface area (Å²) < 4.78 is 0.449. The minimum atomic E-state index is -0.947. The van der Waals surface area contributed by atoms with Crippen LogP contribution in [0.3, 0.4) is 0 Å². The lowest BCUT2D eigenvalue weighted by Crippen LogP contribution is -2.44. The predicted molar refractivity (Wildman–Crippen MR) is 95.0 cm³/mol. The predicted octanol–water partition coefficient (Wildman–Crippen LogP) is 3.63. The van der Waals surface area contributed by atoms with Gasteiger partial charge in [0.05, 0.1) is 4.58 Å².